The van der Waals surface area contributed by atoms with E-state index in [1.54, 1.807) is 0 Å². The first-order chi connectivity index (χ1) is 10.4. The van der Waals surface area contributed by atoms with Crippen LogP contribution in [0.15, 0.2) is 23.4 Å². The van der Waals surface area contributed by atoms with Crippen LogP contribution in [-0.4, -0.2) is 22.4 Å². The van der Waals surface area contributed by atoms with E-state index in [4.69, 9.17) is 5.73 Å². The molecule has 0 radical (unpaired) electrons. The third kappa shape index (κ3) is 1.75. The number of aliphatic hydroxyl groups excluding tert-OH is 2. The number of rotatable bonds is 0. The molecule has 2 saturated carbocycles. The van der Waals surface area contributed by atoms with Gasteiger partial charge in [0.1, 0.15) is 0 Å². The fourth-order valence-corrected chi connectivity index (χ4v) is 6.18. The van der Waals surface area contributed by atoms with Crippen molar-refractivity contribution in [3.8, 4) is 0 Å². The summed E-state index contributed by atoms with van der Waals surface area (Å²) in [6.07, 6.45) is 9.74. The molecule has 0 aliphatic heterocycles. The smallest absolute Gasteiger partial charge is 0.0724 e. The largest absolute Gasteiger partial charge is 0.402 e. The second-order valence-corrected chi connectivity index (χ2v) is 8.65. The summed E-state index contributed by atoms with van der Waals surface area (Å²) in [6.45, 7) is 4.63. The minimum absolute atomic E-state index is 0.0253. The minimum Gasteiger partial charge on any atom is -0.402 e. The van der Waals surface area contributed by atoms with Gasteiger partial charge in [-0.3, -0.25) is 0 Å². The first-order valence-electron chi connectivity index (χ1n) is 8.90. The van der Waals surface area contributed by atoms with Gasteiger partial charge in [0.15, 0.2) is 0 Å². The highest BCUT2D eigenvalue weighted by Gasteiger charge is 2.57. The SMILES string of the molecule is C[C@]12C=C[C@H](O)C[C@H]1CC(N)=C1[C@@H]2CC[C@]2(C)C(O)CC[C@@H]12. The van der Waals surface area contributed by atoms with Gasteiger partial charge in [0, 0.05) is 11.1 Å². The van der Waals surface area contributed by atoms with Crippen LogP contribution < -0.4 is 5.73 Å². The summed E-state index contributed by atoms with van der Waals surface area (Å²) in [7, 11) is 0. The molecule has 0 heterocycles. The lowest BCUT2D eigenvalue weighted by Crippen LogP contribution is -2.50. The van der Waals surface area contributed by atoms with E-state index < -0.39 is 0 Å². The Hall–Kier alpha value is -0.800. The third-order valence-corrected chi connectivity index (χ3v) is 7.68. The van der Waals surface area contributed by atoms with Crippen LogP contribution in [-0.2, 0) is 0 Å². The van der Waals surface area contributed by atoms with Gasteiger partial charge in [-0.1, -0.05) is 26.0 Å². The van der Waals surface area contributed by atoms with E-state index in [0.29, 0.717) is 17.8 Å². The number of aliphatic hydroxyl groups is 2. The summed E-state index contributed by atoms with van der Waals surface area (Å²) in [6, 6.07) is 0. The number of hydrogen-bond donors (Lipinski definition) is 3. The van der Waals surface area contributed by atoms with Crippen LogP contribution in [0.4, 0.5) is 0 Å². The van der Waals surface area contributed by atoms with Crippen molar-refractivity contribution >= 4 is 0 Å². The van der Waals surface area contributed by atoms with Crippen molar-refractivity contribution in [3.05, 3.63) is 23.4 Å². The van der Waals surface area contributed by atoms with Gasteiger partial charge >= 0.3 is 0 Å². The number of allylic oxidation sites excluding steroid dienone is 3. The van der Waals surface area contributed by atoms with Crippen molar-refractivity contribution in [3.63, 3.8) is 0 Å². The Morgan fingerprint density at radius 2 is 1.91 bits per heavy atom. The summed E-state index contributed by atoms with van der Waals surface area (Å²) in [5, 5.41) is 20.5. The van der Waals surface area contributed by atoms with Crippen molar-refractivity contribution in [2.75, 3.05) is 0 Å². The van der Waals surface area contributed by atoms with Gasteiger partial charge in [-0.15, -0.1) is 0 Å². The monoisotopic (exact) mass is 303 g/mol. The highest BCUT2D eigenvalue weighted by Crippen LogP contribution is 2.64. The molecule has 4 aliphatic rings. The van der Waals surface area contributed by atoms with Gasteiger partial charge in [-0.05, 0) is 67.3 Å². The molecule has 4 rings (SSSR count). The van der Waals surface area contributed by atoms with Crippen LogP contribution in [0, 0.1) is 28.6 Å². The van der Waals surface area contributed by atoms with Crippen molar-refractivity contribution in [2.45, 2.75) is 64.6 Å². The summed E-state index contributed by atoms with van der Waals surface area (Å²) in [5.74, 6) is 1.41. The first kappa shape index (κ1) is 14.8. The molecule has 0 amide bonds. The van der Waals surface area contributed by atoms with Crippen molar-refractivity contribution in [2.24, 2.45) is 34.3 Å². The summed E-state index contributed by atoms with van der Waals surface area (Å²) in [5.41, 5.74) is 9.24. The normalized spacial score (nSPS) is 53.9. The van der Waals surface area contributed by atoms with Crippen LogP contribution in [0.5, 0.6) is 0 Å². The lowest BCUT2D eigenvalue weighted by molar-refractivity contribution is -0.00935. The number of fused-ring (bicyclic) bond motifs is 5. The summed E-state index contributed by atoms with van der Waals surface area (Å²) >= 11 is 0. The molecule has 0 aromatic carbocycles. The molecular formula is C19H29NO2. The Balaban J connectivity index is 1.78. The van der Waals surface area contributed by atoms with Gasteiger partial charge in [-0.2, -0.15) is 0 Å². The predicted molar refractivity (Wildman–Crippen MR) is 86.8 cm³/mol. The van der Waals surface area contributed by atoms with E-state index in [0.717, 1.165) is 44.2 Å². The molecule has 4 N–H and O–H groups in total. The highest BCUT2D eigenvalue weighted by atomic mass is 16.3. The van der Waals surface area contributed by atoms with Crippen molar-refractivity contribution in [1.82, 2.24) is 0 Å². The molecule has 122 valence electrons. The molecule has 1 unspecified atom stereocenters. The average Bonchev–Trinajstić information content (AvgIpc) is 2.77. The van der Waals surface area contributed by atoms with Gasteiger partial charge in [0.25, 0.3) is 0 Å². The predicted octanol–water partition coefficient (Wildman–Crippen LogP) is 2.73. The topological polar surface area (TPSA) is 66.5 Å². The molecule has 0 bridgehead atoms. The van der Waals surface area contributed by atoms with E-state index >= 15 is 0 Å². The van der Waals surface area contributed by atoms with E-state index in [1.807, 2.05) is 6.08 Å². The fourth-order valence-electron chi connectivity index (χ4n) is 6.18. The molecule has 0 aromatic heterocycles. The Kier molecular flexibility index (Phi) is 3.09. The molecule has 0 spiro atoms. The van der Waals surface area contributed by atoms with E-state index in [1.165, 1.54) is 5.57 Å². The van der Waals surface area contributed by atoms with Crippen molar-refractivity contribution < 1.29 is 10.2 Å². The van der Waals surface area contributed by atoms with Gasteiger partial charge < -0.3 is 15.9 Å². The molecule has 0 saturated heterocycles. The van der Waals surface area contributed by atoms with Crippen LogP contribution in [0.1, 0.15) is 52.4 Å². The van der Waals surface area contributed by atoms with Crippen LogP contribution in [0.2, 0.25) is 0 Å². The van der Waals surface area contributed by atoms with E-state index in [9.17, 15) is 10.2 Å². The van der Waals surface area contributed by atoms with Crippen molar-refractivity contribution in [1.29, 1.82) is 0 Å². The molecule has 0 aromatic rings. The lowest BCUT2D eigenvalue weighted by atomic mass is 9.49. The quantitative estimate of drug-likeness (QED) is 0.603. The summed E-state index contributed by atoms with van der Waals surface area (Å²) < 4.78 is 0. The zero-order valence-electron chi connectivity index (χ0n) is 13.8. The maximum Gasteiger partial charge on any atom is 0.0724 e. The highest BCUT2D eigenvalue weighted by molar-refractivity contribution is 5.34. The van der Waals surface area contributed by atoms with Crippen LogP contribution >= 0.6 is 0 Å². The Morgan fingerprint density at radius 1 is 1.14 bits per heavy atom. The Morgan fingerprint density at radius 3 is 2.68 bits per heavy atom. The van der Waals surface area contributed by atoms with E-state index in [2.05, 4.69) is 19.9 Å². The van der Waals surface area contributed by atoms with Gasteiger partial charge in [0.2, 0.25) is 0 Å². The second-order valence-electron chi connectivity index (χ2n) is 8.65. The average molecular weight is 303 g/mol. The summed E-state index contributed by atoms with van der Waals surface area (Å²) in [4.78, 5) is 0. The molecule has 22 heavy (non-hydrogen) atoms. The van der Waals surface area contributed by atoms with E-state index in [-0.39, 0.29) is 23.0 Å². The number of nitrogens with two attached hydrogens (primary N) is 1. The zero-order valence-corrected chi connectivity index (χ0v) is 13.8. The molecule has 2 fully saturated rings. The lowest BCUT2D eigenvalue weighted by Gasteiger charge is -2.56. The minimum atomic E-state index is -0.311. The first-order valence-corrected chi connectivity index (χ1v) is 8.90. The van der Waals surface area contributed by atoms with Crippen LogP contribution in [0.3, 0.4) is 0 Å². The molecule has 7 atom stereocenters. The maximum atomic E-state index is 10.5. The van der Waals surface area contributed by atoms with Gasteiger partial charge in [-0.25, -0.2) is 0 Å². The standard InChI is InChI=1S/C19H29NO2/c1-18-7-5-12(21)9-11(18)10-15(20)17-13-3-4-16(22)19(13,2)8-6-14(17)18/h5,7,11-14,16,21-22H,3-4,6,8-10,20H2,1-2H3/t11-,12-,13-,14-,16?,18-,19-/m0/s1. The second kappa shape index (κ2) is 4.61. The fraction of sp³-hybridized carbons (Fsp3) is 0.789. The molecule has 4 aliphatic carbocycles. The third-order valence-electron chi connectivity index (χ3n) is 7.68. The van der Waals surface area contributed by atoms with Crippen LogP contribution in [0.25, 0.3) is 0 Å². The maximum absolute atomic E-state index is 10.5. The Bertz CT molecular complexity index is 554. The molecule has 3 heteroatoms. The number of hydrogen-bond acceptors (Lipinski definition) is 3. The zero-order chi connectivity index (χ0) is 15.7. The Labute approximate surface area is 133 Å². The molecule has 3 nitrogen and oxygen atoms in total. The molecular weight excluding hydrogens is 274 g/mol. The van der Waals surface area contributed by atoms with Gasteiger partial charge in [0.05, 0.1) is 12.2 Å².